The maximum atomic E-state index is 13.4. The quantitative estimate of drug-likeness (QED) is 0.358. The number of para-hydroxylation sites is 1. The fourth-order valence-corrected chi connectivity index (χ4v) is 4.29. The summed E-state index contributed by atoms with van der Waals surface area (Å²) in [6.07, 6.45) is -0.150. The molecule has 1 atom stereocenters. The molecule has 7 nitrogen and oxygen atoms in total. The first kappa shape index (κ1) is 25.0. The van der Waals surface area contributed by atoms with E-state index in [4.69, 9.17) is 17.0 Å². The molecule has 1 aliphatic heterocycles. The van der Waals surface area contributed by atoms with E-state index in [1.54, 1.807) is 72.5 Å². The van der Waals surface area contributed by atoms with Gasteiger partial charge in [-0.05, 0) is 73.2 Å². The first-order chi connectivity index (χ1) is 17.4. The van der Waals surface area contributed by atoms with Gasteiger partial charge in [0.05, 0.1) is 24.3 Å². The predicted octanol–water partition coefficient (Wildman–Crippen LogP) is 4.53. The van der Waals surface area contributed by atoms with Crippen molar-refractivity contribution in [3.05, 3.63) is 95.8 Å². The summed E-state index contributed by atoms with van der Waals surface area (Å²) in [4.78, 5) is 41.3. The lowest BCUT2D eigenvalue weighted by atomic mass is 10.1. The molecule has 36 heavy (non-hydrogen) atoms. The van der Waals surface area contributed by atoms with Gasteiger partial charge in [-0.25, -0.2) is 9.18 Å². The highest BCUT2D eigenvalue weighted by molar-refractivity contribution is 7.80. The van der Waals surface area contributed by atoms with Crippen LogP contribution in [-0.2, 0) is 20.9 Å². The Morgan fingerprint density at radius 1 is 1.00 bits per heavy atom. The lowest BCUT2D eigenvalue weighted by Crippen LogP contribution is -2.37. The number of nitrogens with zero attached hydrogens (tertiary/aromatic N) is 2. The zero-order chi connectivity index (χ0) is 25.7. The van der Waals surface area contributed by atoms with Crippen LogP contribution < -0.4 is 10.2 Å². The SMILES string of the molecule is CCOC(=O)c1ccc(NC(=O)CC2C(=O)N(c3ccccc3)C(=S)N2Cc2ccc(F)cc2)cc1. The number of hydrogen-bond donors (Lipinski definition) is 1. The number of nitrogens with one attached hydrogen (secondary N) is 1. The number of amides is 2. The second kappa shape index (κ2) is 11.1. The van der Waals surface area contributed by atoms with Gasteiger partial charge >= 0.3 is 5.97 Å². The van der Waals surface area contributed by atoms with Crippen molar-refractivity contribution in [2.45, 2.75) is 25.9 Å². The molecule has 1 fully saturated rings. The maximum absolute atomic E-state index is 13.4. The summed E-state index contributed by atoms with van der Waals surface area (Å²) >= 11 is 5.65. The van der Waals surface area contributed by atoms with Crippen molar-refractivity contribution in [3.8, 4) is 0 Å². The predicted molar refractivity (Wildman–Crippen MR) is 138 cm³/mol. The average molecular weight is 506 g/mol. The van der Waals surface area contributed by atoms with E-state index in [1.165, 1.54) is 17.0 Å². The van der Waals surface area contributed by atoms with Gasteiger partial charge in [0.15, 0.2) is 5.11 Å². The molecule has 3 aromatic carbocycles. The number of benzene rings is 3. The lowest BCUT2D eigenvalue weighted by Gasteiger charge is -2.24. The summed E-state index contributed by atoms with van der Waals surface area (Å²) in [7, 11) is 0. The largest absolute Gasteiger partial charge is 0.462 e. The van der Waals surface area contributed by atoms with Crippen LogP contribution in [0.5, 0.6) is 0 Å². The van der Waals surface area contributed by atoms with Crippen molar-refractivity contribution < 1.29 is 23.5 Å². The summed E-state index contributed by atoms with van der Waals surface area (Å²) in [5.41, 5.74) is 2.21. The molecular formula is C27H24FN3O4S. The third-order valence-electron chi connectivity index (χ3n) is 5.66. The number of esters is 1. The first-order valence-electron chi connectivity index (χ1n) is 11.4. The summed E-state index contributed by atoms with van der Waals surface area (Å²) in [5.74, 6) is -1.52. The second-order valence-corrected chi connectivity index (χ2v) is 8.48. The van der Waals surface area contributed by atoms with Crippen LogP contribution >= 0.6 is 12.2 Å². The second-order valence-electron chi connectivity index (χ2n) is 8.11. The van der Waals surface area contributed by atoms with Crippen molar-refractivity contribution in [1.82, 2.24) is 4.90 Å². The Morgan fingerprint density at radius 3 is 2.31 bits per heavy atom. The maximum Gasteiger partial charge on any atom is 0.338 e. The molecule has 0 bridgehead atoms. The summed E-state index contributed by atoms with van der Waals surface area (Å²) in [6.45, 7) is 2.23. The molecule has 1 saturated heterocycles. The monoisotopic (exact) mass is 505 g/mol. The number of carbonyl (C=O) groups excluding carboxylic acids is 3. The third-order valence-corrected chi connectivity index (χ3v) is 6.07. The summed E-state index contributed by atoms with van der Waals surface area (Å²) in [6, 6.07) is 20.4. The molecule has 3 aromatic rings. The van der Waals surface area contributed by atoms with Crippen LogP contribution in [-0.4, -0.2) is 40.4 Å². The minimum absolute atomic E-state index is 0.150. The summed E-state index contributed by atoms with van der Waals surface area (Å²) < 4.78 is 18.4. The van der Waals surface area contributed by atoms with Crippen molar-refractivity contribution in [1.29, 1.82) is 0 Å². The van der Waals surface area contributed by atoms with Crippen LogP contribution in [0.2, 0.25) is 0 Å². The van der Waals surface area contributed by atoms with E-state index < -0.39 is 12.0 Å². The van der Waals surface area contributed by atoms with Gasteiger partial charge in [0.1, 0.15) is 11.9 Å². The van der Waals surface area contributed by atoms with Gasteiger partial charge in [-0.3, -0.25) is 14.5 Å². The molecular weight excluding hydrogens is 481 g/mol. The number of carbonyl (C=O) groups is 3. The molecule has 9 heteroatoms. The fourth-order valence-electron chi connectivity index (χ4n) is 3.91. The zero-order valence-corrected chi connectivity index (χ0v) is 20.3. The number of thiocarbonyl (C=S) groups is 1. The van der Waals surface area contributed by atoms with Crippen molar-refractivity contribution >= 4 is 46.5 Å². The Morgan fingerprint density at radius 2 is 1.67 bits per heavy atom. The molecule has 0 saturated carbocycles. The molecule has 0 radical (unpaired) electrons. The highest BCUT2D eigenvalue weighted by atomic mass is 32.1. The van der Waals surface area contributed by atoms with Crippen LogP contribution in [0.15, 0.2) is 78.9 Å². The smallest absolute Gasteiger partial charge is 0.338 e. The molecule has 4 rings (SSSR count). The van der Waals surface area contributed by atoms with E-state index in [2.05, 4.69) is 5.32 Å². The Kier molecular flexibility index (Phi) is 7.70. The number of anilines is 2. The normalized spacial score (nSPS) is 15.2. The molecule has 1 aliphatic rings. The van der Waals surface area contributed by atoms with Gasteiger partial charge in [-0.15, -0.1) is 0 Å². The van der Waals surface area contributed by atoms with Gasteiger partial charge in [0, 0.05) is 12.2 Å². The molecule has 1 unspecified atom stereocenters. The van der Waals surface area contributed by atoms with Crippen LogP contribution in [0.4, 0.5) is 15.8 Å². The topological polar surface area (TPSA) is 78.9 Å². The number of halogens is 1. The van der Waals surface area contributed by atoms with Gasteiger partial charge in [-0.1, -0.05) is 30.3 Å². The van der Waals surface area contributed by atoms with Crippen LogP contribution in [0.25, 0.3) is 0 Å². The van der Waals surface area contributed by atoms with E-state index in [0.29, 0.717) is 16.9 Å². The molecule has 1 heterocycles. The van der Waals surface area contributed by atoms with E-state index in [1.807, 2.05) is 6.07 Å². The van der Waals surface area contributed by atoms with Crippen molar-refractivity contribution in [3.63, 3.8) is 0 Å². The van der Waals surface area contributed by atoms with Crippen LogP contribution in [0, 0.1) is 5.82 Å². The molecule has 1 N–H and O–H groups in total. The Bertz CT molecular complexity index is 1270. The highest BCUT2D eigenvalue weighted by Gasteiger charge is 2.44. The minimum Gasteiger partial charge on any atom is -0.462 e. The molecule has 0 aromatic heterocycles. The van der Waals surface area contributed by atoms with Gasteiger partial charge in [-0.2, -0.15) is 0 Å². The van der Waals surface area contributed by atoms with E-state index in [-0.39, 0.29) is 42.3 Å². The number of ether oxygens (including phenoxy) is 1. The molecule has 0 spiro atoms. The third kappa shape index (κ3) is 5.58. The van der Waals surface area contributed by atoms with E-state index in [0.717, 1.165) is 5.56 Å². The van der Waals surface area contributed by atoms with Crippen molar-refractivity contribution in [2.75, 3.05) is 16.8 Å². The van der Waals surface area contributed by atoms with Crippen LogP contribution in [0.3, 0.4) is 0 Å². The molecule has 0 aliphatic carbocycles. The number of hydrogen-bond acceptors (Lipinski definition) is 5. The van der Waals surface area contributed by atoms with Gasteiger partial charge < -0.3 is 15.0 Å². The minimum atomic E-state index is -0.846. The van der Waals surface area contributed by atoms with Crippen molar-refractivity contribution in [2.24, 2.45) is 0 Å². The van der Waals surface area contributed by atoms with Gasteiger partial charge in [0.2, 0.25) is 5.91 Å². The summed E-state index contributed by atoms with van der Waals surface area (Å²) in [5, 5.41) is 3.04. The standard InChI is InChI=1S/C27H24FN3O4S/c1-2-35-26(34)19-10-14-21(15-11-19)29-24(32)16-23-25(33)31(22-6-4-3-5-7-22)27(36)30(23)17-18-8-12-20(28)13-9-18/h3-15,23H,2,16-17H2,1H3,(H,29,32). The average Bonchev–Trinajstić information content (AvgIpc) is 3.10. The Labute approximate surface area is 213 Å². The Hall–Kier alpha value is -4.11. The molecule has 2 amide bonds. The first-order valence-corrected chi connectivity index (χ1v) is 11.8. The lowest BCUT2D eigenvalue weighted by molar-refractivity contribution is -0.124. The Balaban J connectivity index is 1.53. The fraction of sp³-hybridized carbons (Fsp3) is 0.185. The van der Waals surface area contributed by atoms with E-state index in [9.17, 15) is 18.8 Å². The van der Waals surface area contributed by atoms with E-state index >= 15 is 0 Å². The highest BCUT2D eigenvalue weighted by Crippen LogP contribution is 2.29. The molecule has 184 valence electrons. The zero-order valence-electron chi connectivity index (χ0n) is 19.5. The number of rotatable bonds is 8. The van der Waals surface area contributed by atoms with Crippen LogP contribution in [0.1, 0.15) is 29.3 Å². The van der Waals surface area contributed by atoms with Gasteiger partial charge in [0.25, 0.3) is 5.91 Å².